The van der Waals surface area contributed by atoms with Gasteiger partial charge >= 0.3 is 0 Å². The van der Waals surface area contributed by atoms with E-state index in [0.29, 0.717) is 36.4 Å². The number of nitrogens with one attached hydrogen (secondary N) is 1. The van der Waals surface area contributed by atoms with Crippen LogP contribution < -0.4 is 5.32 Å². The summed E-state index contributed by atoms with van der Waals surface area (Å²) in [7, 11) is 1.93. The van der Waals surface area contributed by atoms with Gasteiger partial charge in [0.15, 0.2) is 0 Å². The third-order valence-electron chi connectivity index (χ3n) is 4.62. The number of fused-ring (bicyclic) bond motifs is 5. The summed E-state index contributed by atoms with van der Waals surface area (Å²) in [5.41, 5.74) is 0. The summed E-state index contributed by atoms with van der Waals surface area (Å²) in [6.07, 6.45) is 4.99. The molecule has 0 radical (unpaired) electrons. The lowest BCUT2D eigenvalue weighted by atomic mass is 9.82. The van der Waals surface area contributed by atoms with Crippen LogP contribution in [0.4, 0.5) is 0 Å². The molecule has 0 aromatic carbocycles. The van der Waals surface area contributed by atoms with Crippen molar-refractivity contribution in [3.8, 4) is 0 Å². The van der Waals surface area contributed by atoms with Crippen LogP contribution in [0.25, 0.3) is 0 Å². The van der Waals surface area contributed by atoms with Gasteiger partial charge in [-0.05, 0) is 32.9 Å². The van der Waals surface area contributed by atoms with Crippen molar-refractivity contribution in [2.75, 3.05) is 26.7 Å². The Labute approximate surface area is 115 Å². The van der Waals surface area contributed by atoms with Gasteiger partial charge in [-0.15, -0.1) is 12.4 Å². The summed E-state index contributed by atoms with van der Waals surface area (Å²) in [4.78, 5) is 14.1. The Kier molecular flexibility index (Phi) is 4.51. The van der Waals surface area contributed by atoms with E-state index in [-0.39, 0.29) is 12.4 Å². The standard InChI is InChI=1S/C13H22N2O2.ClH/c1-14-6-2-3-13(16)15-7-9-10(8-15)12-5-4-11(9)17-12;/h9-12,14H,2-8H2,1H3;1H. The van der Waals surface area contributed by atoms with Crippen molar-refractivity contribution in [3.63, 3.8) is 0 Å². The minimum Gasteiger partial charge on any atom is -0.374 e. The van der Waals surface area contributed by atoms with Crippen LogP contribution >= 0.6 is 12.4 Å². The first-order chi connectivity index (χ1) is 8.29. The number of carbonyl (C=O) groups is 1. The number of ether oxygens (including phenoxy) is 1. The molecule has 3 fully saturated rings. The van der Waals surface area contributed by atoms with Crippen LogP contribution in [0.1, 0.15) is 25.7 Å². The molecule has 0 aliphatic carbocycles. The molecular formula is C13H23ClN2O2. The Balaban J connectivity index is 0.00000120. The highest BCUT2D eigenvalue weighted by molar-refractivity contribution is 5.85. The molecule has 3 aliphatic heterocycles. The lowest BCUT2D eigenvalue weighted by Crippen LogP contribution is -2.31. The van der Waals surface area contributed by atoms with E-state index in [9.17, 15) is 4.79 Å². The van der Waals surface area contributed by atoms with E-state index in [2.05, 4.69) is 10.2 Å². The summed E-state index contributed by atoms with van der Waals surface area (Å²) in [6, 6.07) is 0. The van der Waals surface area contributed by atoms with Gasteiger partial charge in [0.1, 0.15) is 0 Å². The van der Waals surface area contributed by atoms with Crippen LogP contribution in [0.2, 0.25) is 0 Å². The van der Waals surface area contributed by atoms with Crippen LogP contribution in [0.3, 0.4) is 0 Å². The average Bonchev–Trinajstić information content (AvgIpc) is 3.01. The molecular weight excluding hydrogens is 252 g/mol. The topological polar surface area (TPSA) is 41.6 Å². The molecule has 4 nitrogen and oxygen atoms in total. The zero-order valence-corrected chi connectivity index (χ0v) is 11.7. The number of likely N-dealkylation sites (tertiary alicyclic amines) is 1. The summed E-state index contributed by atoms with van der Waals surface area (Å²) in [5.74, 6) is 1.62. The van der Waals surface area contributed by atoms with E-state index in [1.807, 2.05) is 7.05 Å². The summed E-state index contributed by atoms with van der Waals surface area (Å²) in [6.45, 7) is 2.83. The molecule has 4 unspecified atom stereocenters. The van der Waals surface area contributed by atoms with E-state index in [1.54, 1.807) is 0 Å². The van der Waals surface area contributed by atoms with E-state index in [0.717, 1.165) is 26.1 Å². The molecule has 0 aromatic rings. The van der Waals surface area contributed by atoms with Gasteiger partial charge in [-0.1, -0.05) is 0 Å². The molecule has 0 spiro atoms. The number of amides is 1. The third-order valence-corrected chi connectivity index (χ3v) is 4.62. The first-order valence-corrected chi connectivity index (χ1v) is 6.87. The molecule has 3 heterocycles. The quantitative estimate of drug-likeness (QED) is 0.779. The predicted octanol–water partition coefficient (Wildman–Crippen LogP) is 1.04. The first kappa shape index (κ1) is 14.1. The maximum absolute atomic E-state index is 12.0. The Hall–Kier alpha value is -0.320. The van der Waals surface area contributed by atoms with Crippen molar-refractivity contribution in [1.29, 1.82) is 0 Å². The van der Waals surface area contributed by atoms with Crippen LogP contribution in [0.15, 0.2) is 0 Å². The van der Waals surface area contributed by atoms with Crippen LogP contribution in [-0.4, -0.2) is 49.7 Å². The number of hydrogen-bond acceptors (Lipinski definition) is 3. The fourth-order valence-electron chi connectivity index (χ4n) is 3.74. The molecule has 3 saturated heterocycles. The molecule has 3 aliphatic rings. The molecule has 3 rings (SSSR count). The maximum atomic E-state index is 12.0. The molecule has 5 heteroatoms. The zero-order chi connectivity index (χ0) is 11.8. The molecule has 0 aromatic heterocycles. The van der Waals surface area contributed by atoms with E-state index in [4.69, 9.17) is 4.74 Å². The second-order valence-corrected chi connectivity index (χ2v) is 5.62. The minimum atomic E-state index is 0. The van der Waals surface area contributed by atoms with Crippen molar-refractivity contribution in [3.05, 3.63) is 0 Å². The van der Waals surface area contributed by atoms with Crippen molar-refractivity contribution >= 4 is 18.3 Å². The van der Waals surface area contributed by atoms with Gasteiger partial charge in [0.25, 0.3) is 0 Å². The van der Waals surface area contributed by atoms with Crippen LogP contribution in [-0.2, 0) is 9.53 Å². The fraction of sp³-hybridized carbons (Fsp3) is 0.923. The summed E-state index contributed by atoms with van der Waals surface area (Å²) in [5, 5.41) is 3.09. The van der Waals surface area contributed by atoms with E-state index >= 15 is 0 Å². The monoisotopic (exact) mass is 274 g/mol. The Bertz CT molecular complexity index is 295. The van der Waals surface area contributed by atoms with E-state index in [1.165, 1.54) is 12.8 Å². The second-order valence-electron chi connectivity index (χ2n) is 5.62. The Morgan fingerprint density at radius 2 is 1.89 bits per heavy atom. The predicted molar refractivity (Wildman–Crippen MR) is 71.9 cm³/mol. The normalized spacial score (nSPS) is 36.6. The van der Waals surface area contributed by atoms with Crippen molar-refractivity contribution in [1.82, 2.24) is 10.2 Å². The third kappa shape index (κ3) is 2.38. The van der Waals surface area contributed by atoms with Gasteiger partial charge < -0.3 is 15.0 Å². The molecule has 0 saturated carbocycles. The molecule has 104 valence electrons. The largest absolute Gasteiger partial charge is 0.374 e. The second kappa shape index (κ2) is 5.76. The highest BCUT2D eigenvalue weighted by atomic mass is 35.5. The van der Waals surface area contributed by atoms with Gasteiger partial charge in [0.2, 0.25) is 5.91 Å². The van der Waals surface area contributed by atoms with Crippen molar-refractivity contribution in [2.45, 2.75) is 37.9 Å². The highest BCUT2D eigenvalue weighted by Crippen LogP contribution is 2.47. The maximum Gasteiger partial charge on any atom is 0.222 e. The zero-order valence-electron chi connectivity index (χ0n) is 10.9. The molecule has 1 amide bonds. The smallest absolute Gasteiger partial charge is 0.222 e. The number of rotatable bonds is 4. The van der Waals surface area contributed by atoms with Crippen LogP contribution in [0, 0.1) is 11.8 Å². The highest BCUT2D eigenvalue weighted by Gasteiger charge is 2.53. The SMILES string of the molecule is CNCCCC(=O)N1CC2C3CCC(O3)C2C1.Cl. The lowest BCUT2D eigenvalue weighted by molar-refractivity contribution is -0.131. The number of carbonyl (C=O) groups excluding carboxylic acids is 1. The lowest BCUT2D eigenvalue weighted by Gasteiger charge is -2.18. The van der Waals surface area contributed by atoms with Gasteiger partial charge in [0, 0.05) is 31.3 Å². The van der Waals surface area contributed by atoms with Gasteiger partial charge in [-0.2, -0.15) is 0 Å². The van der Waals surface area contributed by atoms with E-state index < -0.39 is 0 Å². The number of hydrogen-bond donors (Lipinski definition) is 1. The summed E-state index contributed by atoms with van der Waals surface area (Å²) >= 11 is 0. The van der Waals surface area contributed by atoms with Gasteiger partial charge in [-0.3, -0.25) is 4.79 Å². The summed E-state index contributed by atoms with van der Waals surface area (Å²) < 4.78 is 5.92. The first-order valence-electron chi connectivity index (χ1n) is 6.87. The van der Waals surface area contributed by atoms with Crippen molar-refractivity contribution in [2.24, 2.45) is 11.8 Å². The molecule has 4 atom stereocenters. The number of nitrogens with zero attached hydrogens (tertiary/aromatic N) is 1. The average molecular weight is 275 g/mol. The van der Waals surface area contributed by atoms with Gasteiger partial charge in [0.05, 0.1) is 12.2 Å². The molecule has 1 N–H and O–H groups in total. The van der Waals surface area contributed by atoms with Crippen LogP contribution in [0.5, 0.6) is 0 Å². The Morgan fingerprint density at radius 3 is 2.44 bits per heavy atom. The Morgan fingerprint density at radius 1 is 1.28 bits per heavy atom. The molecule has 18 heavy (non-hydrogen) atoms. The number of halogens is 1. The fourth-order valence-corrected chi connectivity index (χ4v) is 3.74. The minimum absolute atomic E-state index is 0. The van der Waals surface area contributed by atoms with Crippen molar-refractivity contribution < 1.29 is 9.53 Å². The molecule has 2 bridgehead atoms. The van der Waals surface area contributed by atoms with Gasteiger partial charge in [-0.25, -0.2) is 0 Å².